The zero-order chi connectivity index (χ0) is 17.1. The predicted molar refractivity (Wildman–Crippen MR) is 88.8 cm³/mol. The van der Waals surface area contributed by atoms with Gasteiger partial charge in [0.05, 0.1) is 19.8 Å². The molecule has 0 atom stereocenters. The van der Waals surface area contributed by atoms with Crippen molar-refractivity contribution in [1.82, 2.24) is 5.32 Å². The quantitative estimate of drug-likeness (QED) is 0.854. The van der Waals surface area contributed by atoms with Gasteiger partial charge in [0, 0.05) is 25.0 Å². The second kappa shape index (κ2) is 6.72. The normalized spacial score (nSPS) is 16.0. The molecule has 2 aliphatic heterocycles. The van der Waals surface area contributed by atoms with Crippen LogP contribution < -0.4 is 10.2 Å². The van der Waals surface area contributed by atoms with E-state index in [4.69, 9.17) is 9.47 Å². The van der Waals surface area contributed by atoms with Crippen LogP contribution in [0.2, 0.25) is 0 Å². The van der Waals surface area contributed by atoms with Crippen LogP contribution in [0.4, 0.5) is 5.69 Å². The van der Waals surface area contributed by atoms with E-state index in [1.54, 1.807) is 29.3 Å². The molecule has 0 amide bonds. The van der Waals surface area contributed by atoms with E-state index in [0.29, 0.717) is 0 Å². The number of rotatable bonds is 3. The largest absolute Gasteiger partial charge is 0.465 e. The molecule has 0 bridgehead atoms. The number of hydrogen-bond donors (Lipinski definition) is 1. The van der Waals surface area contributed by atoms with Crippen molar-refractivity contribution >= 4 is 17.6 Å². The highest BCUT2D eigenvalue weighted by molar-refractivity contribution is 6.05. The molecule has 1 aromatic carbocycles. The van der Waals surface area contributed by atoms with Crippen LogP contribution in [0.15, 0.2) is 53.9 Å². The van der Waals surface area contributed by atoms with Gasteiger partial charge in [-0.15, -0.1) is 0 Å². The monoisotopic (exact) mass is 326 g/mol. The van der Waals surface area contributed by atoms with E-state index in [9.17, 15) is 9.59 Å². The van der Waals surface area contributed by atoms with Crippen LogP contribution in [0.25, 0.3) is 0 Å². The Labute approximate surface area is 140 Å². The van der Waals surface area contributed by atoms with E-state index < -0.39 is 11.9 Å². The van der Waals surface area contributed by atoms with Crippen molar-refractivity contribution in [3.05, 3.63) is 65.0 Å². The molecule has 24 heavy (non-hydrogen) atoms. The number of hydrogen-bond acceptors (Lipinski definition) is 6. The highest BCUT2D eigenvalue weighted by Gasteiger charge is 2.27. The first-order valence-electron chi connectivity index (χ1n) is 7.53. The standard InChI is InChI=1S/C18H18N2O4/c1-23-17(21)15-5-3-4-8-20(16(15)18(22)24-2)14-7-6-12-10-19-11-13(12)9-14/h3-9,19H,10-11H2,1-2H3. The summed E-state index contributed by atoms with van der Waals surface area (Å²) in [5.74, 6) is -1.20. The lowest BCUT2D eigenvalue weighted by Crippen LogP contribution is -2.27. The Balaban J connectivity index is 2.13. The summed E-state index contributed by atoms with van der Waals surface area (Å²) in [6, 6.07) is 5.94. The highest BCUT2D eigenvalue weighted by atomic mass is 16.5. The first kappa shape index (κ1) is 16.0. The molecule has 1 N–H and O–H groups in total. The summed E-state index contributed by atoms with van der Waals surface area (Å²) in [6.45, 7) is 1.61. The number of esters is 2. The van der Waals surface area contributed by atoms with Crippen LogP contribution >= 0.6 is 0 Å². The second-order valence-corrected chi connectivity index (χ2v) is 5.37. The molecule has 0 saturated carbocycles. The highest BCUT2D eigenvalue weighted by Crippen LogP contribution is 2.29. The summed E-state index contributed by atoms with van der Waals surface area (Å²) in [7, 11) is 2.56. The van der Waals surface area contributed by atoms with E-state index in [1.165, 1.54) is 25.3 Å². The third-order valence-corrected chi connectivity index (χ3v) is 3.99. The van der Waals surface area contributed by atoms with Crippen molar-refractivity contribution < 1.29 is 19.1 Å². The summed E-state index contributed by atoms with van der Waals surface area (Å²) in [5.41, 5.74) is 3.45. The maximum atomic E-state index is 12.4. The molecule has 0 radical (unpaired) electrons. The molecule has 0 fully saturated rings. The number of nitrogens with zero attached hydrogens (tertiary/aromatic N) is 1. The Bertz CT molecular complexity index is 777. The topological polar surface area (TPSA) is 67.9 Å². The van der Waals surface area contributed by atoms with Crippen molar-refractivity contribution in [1.29, 1.82) is 0 Å². The molecule has 2 aliphatic rings. The van der Waals surface area contributed by atoms with Gasteiger partial charge in [-0.05, 0) is 35.4 Å². The van der Waals surface area contributed by atoms with Gasteiger partial charge in [-0.2, -0.15) is 0 Å². The number of allylic oxidation sites excluding steroid dienone is 2. The molecule has 0 saturated heterocycles. The van der Waals surface area contributed by atoms with E-state index in [1.807, 2.05) is 18.2 Å². The van der Waals surface area contributed by atoms with Crippen LogP contribution in [0, 0.1) is 0 Å². The van der Waals surface area contributed by atoms with Gasteiger partial charge in [0.1, 0.15) is 5.70 Å². The summed E-state index contributed by atoms with van der Waals surface area (Å²) >= 11 is 0. The fourth-order valence-corrected chi connectivity index (χ4v) is 2.80. The summed E-state index contributed by atoms with van der Waals surface area (Å²) < 4.78 is 9.70. The Morgan fingerprint density at radius 3 is 2.54 bits per heavy atom. The molecule has 1 aromatic rings. The number of methoxy groups -OCH3 is 2. The number of nitrogens with one attached hydrogen (secondary N) is 1. The Morgan fingerprint density at radius 1 is 1.04 bits per heavy atom. The summed E-state index contributed by atoms with van der Waals surface area (Å²) in [4.78, 5) is 26.1. The molecule has 124 valence electrons. The molecule has 0 aromatic heterocycles. The Hall–Kier alpha value is -2.86. The van der Waals surface area contributed by atoms with Crippen molar-refractivity contribution in [2.24, 2.45) is 0 Å². The maximum Gasteiger partial charge on any atom is 0.355 e. The molecule has 6 nitrogen and oxygen atoms in total. The van der Waals surface area contributed by atoms with Crippen molar-refractivity contribution in [2.45, 2.75) is 13.1 Å². The number of benzene rings is 1. The molecule has 3 rings (SSSR count). The minimum absolute atomic E-state index is 0.125. The zero-order valence-electron chi connectivity index (χ0n) is 13.5. The zero-order valence-corrected chi connectivity index (χ0v) is 13.5. The summed E-state index contributed by atoms with van der Waals surface area (Å²) in [6.07, 6.45) is 6.71. The minimum atomic E-state index is -0.606. The Kier molecular flexibility index (Phi) is 4.48. The lowest BCUT2D eigenvalue weighted by molar-refractivity contribution is -0.139. The van der Waals surface area contributed by atoms with E-state index in [2.05, 4.69) is 5.32 Å². The molecule has 0 unspecified atom stereocenters. The van der Waals surface area contributed by atoms with Gasteiger partial charge in [0.25, 0.3) is 0 Å². The van der Waals surface area contributed by atoms with Gasteiger partial charge in [-0.3, -0.25) is 0 Å². The minimum Gasteiger partial charge on any atom is -0.465 e. The van der Waals surface area contributed by atoms with Gasteiger partial charge < -0.3 is 19.7 Å². The lowest BCUT2D eigenvalue weighted by atomic mass is 10.1. The van der Waals surface area contributed by atoms with Crippen molar-refractivity contribution in [3.63, 3.8) is 0 Å². The second-order valence-electron chi connectivity index (χ2n) is 5.37. The molecular weight excluding hydrogens is 308 g/mol. The molecular formula is C18H18N2O4. The fourth-order valence-electron chi connectivity index (χ4n) is 2.80. The van der Waals surface area contributed by atoms with Gasteiger partial charge in [0.15, 0.2) is 0 Å². The van der Waals surface area contributed by atoms with Crippen LogP contribution in [-0.2, 0) is 32.2 Å². The molecule has 0 spiro atoms. The van der Waals surface area contributed by atoms with Crippen LogP contribution in [0.1, 0.15) is 11.1 Å². The van der Waals surface area contributed by atoms with Gasteiger partial charge in [0.2, 0.25) is 0 Å². The number of anilines is 1. The van der Waals surface area contributed by atoms with E-state index >= 15 is 0 Å². The van der Waals surface area contributed by atoms with E-state index in [0.717, 1.165) is 18.8 Å². The molecule has 0 aliphatic carbocycles. The van der Waals surface area contributed by atoms with Crippen LogP contribution in [0.3, 0.4) is 0 Å². The average molecular weight is 326 g/mol. The first-order valence-corrected chi connectivity index (χ1v) is 7.53. The smallest absolute Gasteiger partial charge is 0.355 e. The number of fused-ring (bicyclic) bond motifs is 1. The average Bonchev–Trinajstić information content (AvgIpc) is 2.97. The SMILES string of the molecule is COC(=O)C1=C(C(=O)OC)N(c2ccc3c(c2)CNC3)C=CC=C1. The van der Waals surface area contributed by atoms with Gasteiger partial charge in [-0.1, -0.05) is 12.1 Å². The van der Waals surface area contributed by atoms with Crippen LogP contribution in [0.5, 0.6) is 0 Å². The third kappa shape index (κ3) is 2.83. The number of carbonyl (C=O) groups excluding carboxylic acids is 2. The third-order valence-electron chi connectivity index (χ3n) is 3.99. The summed E-state index contributed by atoms with van der Waals surface area (Å²) in [5, 5.41) is 3.28. The first-order chi connectivity index (χ1) is 11.7. The van der Waals surface area contributed by atoms with E-state index in [-0.39, 0.29) is 11.3 Å². The fraction of sp³-hybridized carbons (Fsp3) is 0.222. The predicted octanol–water partition coefficient (Wildman–Crippen LogP) is 1.78. The van der Waals surface area contributed by atoms with Crippen molar-refractivity contribution in [2.75, 3.05) is 19.1 Å². The van der Waals surface area contributed by atoms with Gasteiger partial charge >= 0.3 is 11.9 Å². The lowest BCUT2D eigenvalue weighted by Gasteiger charge is -2.23. The van der Waals surface area contributed by atoms with Crippen LogP contribution in [-0.4, -0.2) is 26.2 Å². The number of ether oxygens (including phenoxy) is 2. The maximum absolute atomic E-state index is 12.4. The van der Waals surface area contributed by atoms with Crippen molar-refractivity contribution in [3.8, 4) is 0 Å². The van der Waals surface area contributed by atoms with Gasteiger partial charge in [-0.25, -0.2) is 9.59 Å². The Morgan fingerprint density at radius 2 is 1.79 bits per heavy atom. The molecule has 2 heterocycles. The molecule has 6 heteroatoms. The number of carbonyl (C=O) groups is 2.